The van der Waals surface area contributed by atoms with Gasteiger partial charge in [-0.3, -0.25) is 4.79 Å². The molecule has 0 aliphatic carbocycles. The second-order valence-corrected chi connectivity index (χ2v) is 6.14. The van der Waals surface area contributed by atoms with Crippen LogP contribution in [0.1, 0.15) is 46.0 Å². The SMILES string of the molecule is CC/C(=C\C(=O)c1c(C)cc(CO)c(CO)c1O)c1ccc(OC)c(O)c1. The number of rotatable bonds is 7. The molecule has 0 aromatic heterocycles. The van der Waals surface area contributed by atoms with Crippen LogP contribution < -0.4 is 4.74 Å². The highest BCUT2D eigenvalue weighted by Crippen LogP contribution is 2.33. The van der Waals surface area contributed by atoms with Crippen molar-refractivity contribution in [1.29, 1.82) is 0 Å². The van der Waals surface area contributed by atoms with E-state index >= 15 is 0 Å². The fourth-order valence-corrected chi connectivity index (χ4v) is 3.05. The molecule has 2 aromatic carbocycles. The molecule has 6 heteroatoms. The predicted octanol–water partition coefficient (Wildman–Crippen LogP) is 3.08. The Bertz CT molecular complexity index is 883. The van der Waals surface area contributed by atoms with Crippen molar-refractivity contribution in [2.75, 3.05) is 7.11 Å². The summed E-state index contributed by atoms with van der Waals surface area (Å²) in [6, 6.07) is 6.45. The molecule has 0 spiro atoms. The summed E-state index contributed by atoms with van der Waals surface area (Å²) in [5.74, 6) is -0.441. The summed E-state index contributed by atoms with van der Waals surface area (Å²) in [6.45, 7) is 2.70. The highest BCUT2D eigenvalue weighted by molar-refractivity contribution is 6.11. The number of benzene rings is 2. The molecule has 0 fully saturated rings. The number of aromatic hydroxyl groups is 2. The van der Waals surface area contributed by atoms with Crippen LogP contribution in [-0.2, 0) is 13.2 Å². The number of carbonyl (C=O) groups excluding carboxylic acids is 1. The Morgan fingerprint density at radius 1 is 1.15 bits per heavy atom. The van der Waals surface area contributed by atoms with Gasteiger partial charge < -0.3 is 25.2 Å². The summed E-state index contributed by atoms with van der Waals surface area (Å²) < 4.78 is 5.03. The standard InChI is InChI=1S/C21H24O6/c1-4-13(14-5-6-19(27-3)17(24)9-14)8-18(25)20-12(2)7-15(10-22)16(11-23)21(20)26/h5-9,22-24,26H,4,10-11H2,1-3H3/b13-8+. The van der Waals surface area contributed by atoms with Crippen LogP contribution in [0.4, 0.5) is 0 Å². The van der Waals surface area contributed by atoms with Gasteiger partial charge in [0.2, 0.25) is 0 Å². The number of ether oxygens (including phenoxy) is 1. The molecule has 2 rings (SSSR count). The van der Waals surface area contributed by atoms with Crippen molar-refractivity contribution in [2.45, 2.75) is 33.5 Å². The van der Waals surface area contributed by atoms with Crippen molar-refractivity contribution in [3.63, 3.8) is 0 Å². The van der Waals surface area contributed by atoms with E-state index in [1.54, 1.807) is 25.1 Å². The summed E-state index contributed by atoms with van der Waals surface area (Å²) in [5, 5.41) is 39.3. The molecule has 0 aliphatic heterocycles. The maximum Gasteiger partial charge on any atom is 0.190 e. The number of hydrogen-bond acceptors (Lipinski definition) is 6. The number of hydrogen-bond donors (Lipinski definition) is 4. The lowest BCUT2D eigenvalue weighted by molar-refractivity contribution is 0.104. The Morgan fingerprint density at radius 3 is 2.37 bits per heavy atom. The Hall–Kier alpha value is -2.83. The molecule has 144 valence electrons. The third-order valence-corrected chi connectivity index (χ3v) is 4.51. The molecule has 2 aromatic rings. The van der Waals surface area contributed by atoms with Crippen molar-refractivity contribution in [1.82, 2.24) is 0 Å². The number of phenolic OH excluding ortho intramolecular Hbond substituents is 1. The number of aliphatic hydroxyl groups excluding tert-OH is 2. The van der Waals surface area contributed by atoms with Crippen molar-refractivity contribution < 1.29 is 30.0 Å². The smallest absolute Gasteiger partial charge is 0.190 e. The van der Waals surface area contributed by atoms with Crippen LogP contribution in [0, 0.1) is 6.92 Å². The van der Waals surface area contributed by atoms with Crippen LogP contribution >= 0.6 is 0 Å². The van der Waals surface area contributed by atoms with Gasteiger partial charge in [-0.2, -0.15) is 0 Å². The lowest BCUT2D eigenvalue weighted by Crippen LogP contribution is -2.06. The third-order valence-electron chi connectivity index (χ3n) is 4.51. The van der Waals surface area contributed by atoms with Gasteiger partial charge in [-0.1, -0.05) is 19.1 Å². The zero-order valence-electron chi connectivity index (χ0n) is 15.6. The van der Waals surface area contributed by atoms with Crippen LogP contribution in [-0.4, -0.2) is 33.3 Å². The molecule has 0 amide bonds. The van der Waals surface area contributed by atoms with E-state index in [0.29, 0.717) is 34.4 Å². The van der Waals surface area contributed by atoms with E-state index in [1.165, 1.54) is 19.3 Å². The minimum Gasteiger partial charge on any atom is -0.507 e. The predicted molar refractivity (Wildman–Crippen MR) is 102 cm³/mol. The van der Waals surface area contributed by atoms with Crippen molar-refractivity contribution >= 4 is 11.4 Å². The second kappa shape index (κ2) is 8.70. The Kier molecular flexibility index (Phi) is 6.60. The van der Waals surface area contributed by atoms with Gasteiger partial charge in [-0.05, 0) is 53.8 Å². The summed E-state index contributed by atoms with van der Waals surface area (Å²) in [4.78, 5) is 12.8. The summed E-state index contributed by atoms with van der Waals surface area (Å²) in [7, 11) is 1.45. The Morgan fingerprint density at radius 2 is 1.85 bits per heavy atom. The zero-order chi connectivity index (χ0) is 20.1. The average molecular weight is 372 g/mol. The minimum absolute atomic E-state index is 0.0318. The molecule has 0 atom stereocenters. The van der Waals surface area contributed by atoms with Gasteiger partial charge in [-0.25, -0.2) is 0 Å². The van der Waals surface area contributed by atoms with E-state index in [-0.39, 0.29) is 29.2 Å². The molecule has 4 N–H and O–H groups in total. The Labute approximate surface area is 158 Å². The molecule has 0 bridgehead atoms. The van der Waals surface area contributed by atoms with Gasteiger partial charge in [0, 0.05) is 5.56 Å². The van der Waals surface area contributed by atoms with Gasteiger partial charge in [-0.15, -0.1) is 0 Å². The molecule has 0 aliphatic rings. The highest BCUT2D eigenvalue weighted by Gasteiger charge is 2.20. The van der Waals surface area contributed by atoms with Gasteiger partial charge >= 0.3 is 0 Å². The monoisotopic (exact) mass is 372 g/mol. The number of aryl methyl sites for hydroxylation is 1. The van der Waals surface area contributed by atoms with Crippen LogP contribution in [0.25, 0.3) is 5.57 Å². The number of ketones is 1. The summed E-state index contributed by atoms with van der Waals surface area (Å²) in [6.07, 6.45) is 1.93. The minimum atomic E-state index is -0.487. The first-order chi connectivity index (χ1) is 12.9. The number of aliphatic hydroxyl groups is 2. The molecule has 6 nitrogen and oxygen atoms in total. The molecule has 0 saturated carbocycles. The first-order valence-electron chi connectivity index (χ1n) is 8.56. The van der Waals surface area contributed by atoms with Gasteiger partial charge in [0.25, 0.3) is 0 Å². The van der Waals surface area contributed by atoms with Crippen molar-refractivity contribution in [3.8, 4) is 17.2 Å². The van der Waals surface area contributed by atoms with Gasteiger partial charge in [0.15, 0.2) is 17.3 Å². The fraction of sp³-hybridized carbons (Fsp3) is 0.286. The number of methoxy groups -OCH3 is 1. The normalized spacial score (nSPS) is 11.5. The first-order valence-corrected chi connectivity index (χ1v) is 8.56. The van der Waals surface area contributed by atoms with Crippen LogP contribution in [0.5, 0.6) is 17.2 Å². The molecule has 27 heavy (non-hydrogen) atoms. The summed E-state index contributed by atoms with van der Waals surface area (Å²) in [5.41, 5.74) is 2.44. The van der Waals surface area contributed by atoms with Gasteiger partial charge in [0.05, 0.1) is 25.9 Å². The Balaban J connectivity index is 2.52. The van der Waals surface area contributed by atoms with E-state index in [2.05, 4.69) is 0 Å². The van der Waals surface area contributed by atoms with Crippen LogP contribution in [0.2, 0.25) is 0 Å². The number of phenols is 2. The molecular formula is C21H24O6. The topological polar surface area (TPSA) is 107 Å². The quantitative estimate of drug-likeness (QED) is 0.439. The van der Waals surface area contributed by atoms with Gasteiger partial charge in [0.1, 0.15) is 5.75 Å². The lowest BCUT2D eigenvalue weighted by atomic mass is 9.93. The van der Waals surface area contributed by atoms with E-state index in [4.69, 9.17) is 4.74 Å². The lowest BCUT2D eigenvalue weighted by Gasteiger charge is -2.14. The molecule has 0 saturated heterocycles. The molecular weight excluding hydrogens is 348 g/mol. The van der Waals surface area contributed by atoms with Crippen molar-refractivity contribution in [2.24, 2.45) is 0 Å². The second-order valence-electron chi connectivity index (χ2n) is 6.14. The van der Waals surface area contributed by atoms with Crippen molar-refractivity contribution in [3.05, 3.63) is 58.2 Å². The van der Waals surface area contributed by atoms with E-state index in [1.807, 2.05) is 6.92 Å². The number of allylic oxidation sites excluding steroid dienone is 2. The summed E-state index contributed by atoms with van der Waals surface area (Å²) >= 11 is 0. The molecule has 0 unspecified atom stereocenters. The average Bonchev–Trinajstić information content (AvgIpc) is 2.65. The maximum atomic E-state index is 12.8. The molecule has 0 heterocycles. The zero-order valence-corrected chi connectivity index (χ0v) is 15.6. The highest BCUT2D eigenvalue weighted by atomic mass is 16.5. The van der Waals surface area contributed by atoms with Crippen LogP contribution in [0.3, 0.4) is 0 Å². The first kappa shape index (κ1) is 20.5. The van der Waals surface area contributed by atoms with E-state index in [0.717, 1.165) is 0 Å². The third kappa shape index (κ3) is 4.13. The van der Waals surface area contributed by atoms with E-state index in [9.17, 15) is 25.2 Å². The largest absolute Gasteiger partial charge is 0.507 e. The van der Waals surface area contributed by atoms with Crippen LogP contribution in [0.15, 0.2) is 30.3 Å². The van der Waals surface area contributed by atoms with E-state index < -0.39 is 12.4 Å². The fourth-order valence-electron chi connectivity index (χ4n) is 3.05. The number of carbonyl (C=O) groups is 1. The maximum absolute atomic E-state index is 12.8. The molecule has 0 radical (unpaired) electrons.